The van der Waals surface area contributed by atoms with Crippen LogP contribution in [-0.4, -0.2) is 48.1 Å². The second-order valence-corrected chi connectivity index (χ2v) is 8.61. The molecular formula is C16H26N4O3S. The van der Waals surface area contributed by atoms with Crippen LogP contribution in [0.5, 0.6) is 0 Å². The maximum absolute atomic E-state index is 12.4. The Morgan fingerprint density at radius 3 is 2.79 bits per heavy atom. The average molecular weight is 354 g/mol. The molecule has 2 fully saturated rings. The van der Waals surface area contributed by atoms with E-state index in [1.807, 2.05) is 11.8 Å². The number of likely N-dealkylation sites (tertiary alicyclic amines) is 1. The van der Waals surface area contributed by atoms with Gasteiger partial charge in [-0.2, -0.15) is 5.10 Å². The fraction of sp³-hybridized carbons (Fsp3) is 0.750. The molecule has 1 atom stereocenters. The predicted molar refractivity (Wildman–Crippen MR) is 89.8 cm³/mol. The lowest BCUT2D eigenvalue weighted by atomic mass is 10.1. The summed E-state index contributed by atoms with van der Waals surface area (Å²) in [5.74, 6) is 0.223. The van der Waals surface area contributed by atoms with Crippen LogP contribution in [0.1, 0.15) is 45.4 Å². The largest absolute Gasteiger partial charge is 0.339 e. The third-order valence-electron chi connectivity index (χ3n) is 4.94. The number of nitrogens with zero attached hydrogens (tertiary/aromatic N) is 3. The van der Waals surface area contributed by atoms with Gasteiger partial charge in [-0.1, -0.05) is 19.8 Å². The summed E-state index contributed by atoms with van der Waals surface area (Å²) in [5, 5.41) is 4.06. The van der Waals surface area contributed by atoms with Crippen LogP contribution in [0.15, 0.2) is 17.3 Å². The lowest BCUT2D eigenvalue weighted by Gasteiger charge is -2.24. The first-order valence-corrected chi connectivity index (χ1v) is 10.3. The van der Waals surface area contributed by atoms with E-state index in [9.17, 15) is 13.2 Å². The highest BCUT2D eigenvalue weighted by molar-refractivity contribution is 7.89. The Balaban J connectivity index is 1.55. The Bertz CT molecular complexity index is 679. The van der Waals surface area contributed by atoms with Crippen molar-refractivity contribution in [3.63, 3.8) is 0 Å². The van der Waals surface area contributed by atoms with Gasteiger partial charge in [0.15, 0.2) is 0 Å². The molecule has 1 amide bonds. The third kappa shape index (κ3) is 3.80. The molecule has 8 heteroatoms. The summed E-state index contributed by atoms with van der Waals surface area (Å²) in [6.45, 7) is 3.68. The molecule has 1 unspecified atom stereocenters. The quantitative estimate of drug-likeness (QED) is 0.801. The highest BCUT2D eigenvalue weighted by atomic mass is 32.2. The second kappa shape index (κ2) is 7.23. The zero-order chi connectivity index (χ0) is 17.2. The minimum atomic E-state index is -3.56. The van der Waals surface area contributed by atoms with Gasteiger partial charge in [-0.25, -0.2) is 13.1 Å². The maximum Gasteiger partial charge on any atom is 0.243 e. The topological polar surface area (TPSA) is 84.3 Å². The number of carbonyl (C=O) groups excluding carboxylic acids is 1. The molecule has 3 rings (SSSR count). The van der Waals surface area contributed by atoms with Gasteiger partial charge in [0.05, 0.1) is 6.20 Å². The first-order valence-electron chi connectivity index (χ1n) is 8.81. The number of amides is 1. The number of sulfonamides is 1. The van der Waals surface area contributed by atoms with Gasteiger partial charge in [0.25, 0.3) is 0 Å². The molecule has 1 saturated heterocycles. The summed E-state index contributed by atoms with van der Waals surface area (Å²) < 4.78 is 29.0. The van der Waals surface area contributed by atoms with E-state index in [1.54, 1.807) is 10.9 Å². The van der Waals surface area contributed by atoms with Gasteiger partial charge in [-0.05, 0) is 25.2 Å². The van der Waals surface area contributed by atoms with Gasteiger partial charge >= 0.3 is 0 Å². The van der Waals surface area contributed by atoms with Crippen LogP contribution in [0.4, 0.5) is 0 Å². The van der Waals surface area contributed by atoms with Crippen molar-refractivity contribution in [1.29, 1.82) is 0 Å². The van der Waals surface area contributed by atoms with Crippen molar-refractivity contribution in [2.75, 3.05) is 13.1 Å². The van der Waals surface area contributed by atoms with Crippen molar-refractivity contribution in [3.8, 4) is 0 Å². The number of carbonyl (C=O) groups is 1. The molecule has 1 aromatic heterocycles. The van der Waals surface area contributed by atoms with Crippen LogP contribution >= 0.6 is 0 Å². The van der Waals surface area contributed by atoms with Gasteiger partial charge in [0.1, 0.15) is 4.90 Å². The summed E-state index contributed by atoms with van der Waals surface area (Å²) >= 11 is 0. The molecule has 7 nitrogen and oxygen atoms in total. The molecule has 134 valence electrons. The SMILES string of the molecule is CCCn1cc(S(=O)(=O)NCC2CC(=O)N(C3CCCC3)C2)cn1. The molecule has 2 heterocycles. The van der Waals surface area contributed by atoms with Crippen LogP contribution in [0, 0.1) is 5.92 Å². The fourth-order valence-corrected chi connectivity index (χ4v) is 4.73. The Morgan fingerprint density at radius 2 is 2.08 bits per heavy atom. The first kappa shape index (κ1) is 17.4. The van der Waals surface area contributed by atoms with Crippen molar-refractivity contribution in [1.82, 2.24) is 19.4 Å². The highest BCUT2D eigenvalue weighted by Crippen LogP contribution is 2.29. The van der Waals surface area contributed by atoms with E-state index in [-0.39, 0.29) is 16.7 Å². The van der Waals surface area contributed by atoms with Crippen LogP contribution in [0.2, 0.25) is 0 Å². The maximum atomic E-state index is 12.4. The van der Waals surface area contributed by atoms with Crippen molar-refractivity contribution >= 4 is 15.9 Å². The molecule has 1 aromatic rings. The standard InChI is InChI=1S/C16H26N4O3S/c1-2-7-19-12-15(10-17-19)24(22,23)18-9-13-8-16(21)20(11-13)14-5-3-4-6-14/h10,12-14,18H,2-9,11H2,1H3. The summed E-state index contributed by atoms with van der Waals surface area (Å²) in [6.07, 6.45) is 8.81. The second-order valence-electron chi connectivity index (χ2n) is 6.85. The predicted octanol–water partition coefficient (Wildman–Crippen LogP) is 1.36. The van der Waals surface area contributed by atoms with E-state index >= 15 is 0 Å². The van der Waals surface area contributed by atoms with Crippen LogP contribution in [0.3, 0.4) is 0 Å². The van der Waals surface area contributed by atoms with E-state index in [2.05, 4.69) is 9.82 Å². The van der Waals surface area contributed by atoms with Crippen LogP contribution in [0.25, 0.3) is 0 Å². The van der Waals surface area contributed by atoms with Gasteiger partial charge in [0, 0.05) is 38.3 Å². The molecule has 0 aromatic carbocycles. The number of aryl methyl sites for hydroxylation is 1. The van der Waals surface area contributed by atoms with E-state index in [0.717, 1.165) is 19.3 Å². The van der Waals surface area contributed by atoms with Crippen molar-refractivity contribution in [3.05, 3.63) is 12.4 Å². The Hall–Kier alpha value is -1.41. The average Bonchev–Trinajstić information content (AvgIpc) is 3.25. The minimum Gasteiger partial charge on any atom is -0.339 e. The number of hydrogen-bond donors (Lipinski definition) is 1. The zero-order valence-electron chi connectivity index (χ0n) is 14.1. The van der Waals surface area contributed by atoms with Crippen molar-refractivity contribution < 1.29 is 13.2 Å². The first-order chi connectivity index (χ1) is 11.5. The lowest BCUT2D eigenvalue weighted by molar-refractivity contribution is -0.129. The molecule has 0 radical (unpaired) electrons. The number of aromatic nitrogens is 2. The third-order valence-corrected chi connectivity index (χ3v) is 6.32. The van der Waals surface area contributed by atoms with Gasteiger partial charge in [-0.15, -0.1) is 0 Å². The van der Waals surface area contributed by atoms with E-state index in [0.29, 0.717) is 32.1 Å². The van der Waals surface area contributed by atoms with Crippen molar-refractivity contribution in [2.45, 2.75) is 62.9 Å². The summed E-state index contributed by atoms with van der Waals surface area (Å²) in [7, 11) is -3.56. The lowest BCUT2D eigenvalue weighted by Crippen LogP contribution is -2.36. The number of rotatable bonds is 7. The summed E-state index contributed by atoms with van der Waals surface area (Å²) in [6, 6.07) is 0.367. The van der Waals surface area contributed by atoms with Crippen molar-refractivity contribution in [2.24, 2.45) is 5.92 Å². The normalized spacial score (nSPS) is 22.6. The molecule has 1 N–H and O–H groups in total. The Labute approximate surface area is 143 Å². The smallest absolute Gasteiger partial charge is 0.243 e. The van der Waals surface area contributed by atoms with Gasteiger partial charge < -0.3 is 4.90 Å². The summed E-state index contributed by atoms with van der Waals surface area (Å²) in [5.41, 5.74) is 0. The van der Waals surface area contributed by atoms with Crippen LogP contribution < -0.4 is 4.72 Å². The molecule has 1 aliphatic heterocycles. The number of hydrogen-bond acceptors (Lipinski definition) is 4. The highest BCUT2D eigenvalue weighted by Gasteiger charge is 2.35. The van der Waals surface area contributed by atoms with E-state index in [1.165, 1.54) is 19.0 Å². The molecule has 2 aliphatic rings. The molecule has 1 saturated carbocycles. The van der Waals surface area contributed by atoms with E-state index < -0.39 is 10.0 Å². The van der Waals surface area contributed by atoms with E-state index in [4.69, 9.17) is 0 Å². The number of nitrogens with one attached hydrogen (secondary N) is 1. The zero-order valence-corrected chi connectivity index (χ0v) is 15.0. The molecule has 24 heavy (non-hydrogen) atoms. The fourth-order valence-electron chi connectivity index (χ4n) is 3.66. The van der Waals surface area contributed by atoms with Crippen LogP contribution in [-0.2, 0) is 21.4 Å². The van der Waals surface area contributed by atoms with Gasteiger partial charge in [0.2, 0.25) is 15.9 Å². The molecular weight excluding hydrogens is 328 g/mol. The monoisotopic (exact) mass is 354 g/mol. The Morgan fingerprint density at radius 1 is 1.33 bits per heavy atom. The Kier molecular flexibility index (Phi) is 5.24. The molecule has 0 spiro atoms. The minimum absolute atomic E-state index is 0.0542. The molecule has 1 aliphatic carbocycles. The summed E-state index contributed by atoms with van der Waals surface area (Å²) in [4.78, 5) is 14.3. The van der Waals surface area contributed by atoms with Gasteiger partial charge in [-0.3, -0.25) is 9.48 Å². The molecule has 0 bridgehead atoms.